The molecule has 1 N–H and O–H groups in total. The molecule has 0 aliphatic rings. The normalized spacial score (nSPS) is 12.6. The van der Waals surface area contributed by atoms with Gasteiger partial charge in [-0.05, 0) is 39.3 Å². The van der Waals surface area contributed by atoms with Crippen molar-refractivity contribution >= 4 is 5.78 Å². The molecule has 0 amide bonds. The minimum absolute atomic E-state index is 0.0449. The second kappa shape index (κ2) is 8.83. The fraction of sp³-hybridized carbons (Fsp3) is 0.562. The molecule has 0 radical (unpaired) electrons. The SMILES string of the molecule is CCC(C(=O)c1ccccc1)N(C)CCCCCO. The Kier molecular flexibility index (Phi) is 7.38. The molecule has 0 saturated carbocycles. The predicted molar refractivity (Wildman–Crippen MR) is 78.4 cm³/mol. The van der Waals surface area contributed by atoms with E-state index in [9.17, 15) is 4.79 Å². The van der Waals surface area contributed by atoms with E-state index < -0.39 is 0 Å². The molecule has 0 aliphatic heterocycles. The smallest absolute Gasteiger partial charge is 0.179 e. The lowest BCUT2D eigenvalue weighted by atomic mass is 10.0. The van der Waals surface area contributed by atoms with Crippen molar-refractivity contribution in [3.8, 4) is 0 Å². The van der Waals surface area contributed by atoms with E-state index in [1.165, 1.54) is 0 Å². The number of likely N-dealkylation sites (N-methyl/N-ethyl adjacent to an activating group) is 1. The first-order valence-electron chi connectivity index (χ1n) is 7.11. The lowest BCUT2D eigenvalue weighted by molar-refractivity contribution is 0.0843. The lowest BCUT2D eigenvalue weighted by Crippen LogP contribution is -2.38. The minimum Gasteiger partial charge on any atom is -0.396 e. The van der Waals surface area contributed by atoms with Gasteiger partial charge >= 0.3 is 0 Å². The number of carbonyl (C=O) groups is 1. The van der Waals surface area contributed by atoms with E-state index in [1.54, 1.807) is 0 Å². The molecule has 0 aliphatic carbocycles. The lowest BCUT2D eigenvalue weighted by Gasteiger charge is -2.26. The zero-order valence-corrected chi connectivity index (χ0v) is 12.0. The van der Waals surface area contributed by atoms with E-state index in [0.29, 0.717) is 0 Å². The van der Waals surface area contributed by atoms with Gasteiger partial charge in [0.15, 0.2) is 5.78 Å². The third kappa shape index (κ3) is 5.13. The highest BCUT2D eigenvalue weighted by Gasteiger charge is 2.21. The number of aliphatic hydroxyl groups excluding tert-OH is 1. The molecule has 3 heteroatoms. The molecule has 106 valence electrons. The standard InChI is InChI=1S/C16H25NO2/c1-3-15(17(2)12-8-5-9-13-18)16(19)14-10-6-4-7-11-14/h4,6-7,10-11,15,18H,3,5,8-9,12-13H2,1-2H3. The average molecular weight is 263 g/mol. The number of aliphatic hydroxyl groups is 1. The molecular formula is C16H25NO2. The van der Waals surface area contributed by atoms with E-state index in [2.05, 4.69) is 11.8 Å². The van der Waals surface area contributed by atoms with Crippen LogP contribution in [0.25, 0.3) is 0 Å². The summed E-state index contributed by atoms with van der Waals surface area (Å²) in [6, 6.07) is 9.45. The van der Waals surface area contributed by atoms with Gasteiger partial charge in [0.1, 0.15) is 0 Å². The second-order valence-electron chi connectivity index (χ2n) is 4.92. The monoisotopic (exact) mass is 263 g/mol. The zero-order valence-electron chi connectivity index (χ0n) is 12.0. The Morgan fingerprint density at radius 3 is 2.47 bits per heavy atom. The van der Waals surface area contributed by atoms with Crippen molar-refractivity contribution in [2.24, 2.45) is 0 Å². The Labute approximate surface area is 116 Å². The highest BCUT2D eigenvalue weighted by atomic mass is 16.2. The summed E-state index contributed by atoms with van der Waals surface area (Å²) in [6.45, 7) is 3.21. The Bertz CT molecular complexity index is 364. The number of unbranched alkanes of at least 4 members (excludes halogenated alkanes) is 2. The van der Waals surface area contributed by atoms with Gasteiger partial charge in [0, 0.05) is 12.2 Å². The summed E-state index contributed by atoms with van der Waals surface area (Å²) in [5, 5.41) is 8.76. The largest absolute Gasteiger partial charge is 0.396 e. The highest BCUT2D eigenvalue weighted by molar-refractivity contribution is 6.00. The van der Waals surface area contributed by atoms with Crippen LogP contribution in [-0.4, -0.2) is 42.0 Å². The van der Waals surface area contributed by atoms with E-state index in [0.717, 1.165) is 37.8 Å². The number of hydrogen-bond donors (Lipinski definition) is 1. The minimum atomic E-state index is -0.0449. The topological polar surface area (TPSA) is 40.5 Å². The molecule has 1 aromatic carbocycles. The average Bonchev–Trinajstić information content (AvgIpc) is 2.45. The number of ketones is 1. The van der Waals surface area contributed by atoms with Crippen molar-refractivity contribution in [3.05, 3.63) is 35.9 Å². The maximum absolute atomic E-state index is 12.4. The van der Waals surface area contributed by atoms with Gasteiger partial charge in [-0.25, -0.2) is 0 Å². The van der Waals surface area contributed by atoms with Gasteiger partial charge in [-0.2, -0.15) is 0 Å². The second-order valence-corrected chi connectivity index (χ2v) is 4.92. The first kappa shape index (κ1) is 15.9. The summed E-state index contributed by atoms with van der Waals surface area (Å²) in [4.78, 5) is 14.6. The van der Waals surface area contributed by atoms with E-state index in [1.807, 2.05) is 37.4 Å². The number of benzene rings is 1. The van der Waals surface area contributed by atoms with Gasteiger partial charge in [0.05, 0.1) is 6.04 Å². The Morgan fingerprint density at radius 1 is 1.21 bits per heavy atom. The molecule has 0 bridgehead atoms. The van der Waals surface area contributed by atoms with Gasteiger partial charge in [0.25, 0.3) is 0 Å². The zero-order chi connectivity index (χ0) is 14.1. The van der Waals surface area contributed by atoms with E-state index in [4.69, 9.17) is 5.11 Å². The molecule has 0 aromatic heterocycles. The van der Waals surface area contributed by atoms with Gasteiger partial charge < -0.3 is 5.11 Å². The number of hydrogen-bond acceptors (Lipinski definition) is 3. The van der Waals surface area contributed by atoms with Crippen molar-refractivity contribution < 1.29 is 9.90 Å². The summed E-state index contributed by atoms with van der Waals surface area (Å²) in [7, 11) is 2.01. The van der Waals surface area contributed by atoms with Gasteiger partial charge in [0.2, 0.25) is 0 Å². The Hall–Kier alpha value is -1.19. The van der Waals surface area contributed by atoms with Crippen LogP contribution < -0.4 is 0 Å². The van der Waals surface area contributed by atoms with Crippen LogP contribution in [0, 0.1) is 0 Å². The van der Waals surface area contributed by atoms with Crippen molar-refractivity contribution in [2.75, 3.05) is 20.2 Å². The Morgan fingerprint density at radius 2 is 1.89 bits per heavy atom. The van der Waals surface area contributed by atoms with Crippen LogP contribution in [0.1, 0.15) is 43.0 Å². The number of rotatable bonds is 9. The summed E-state index contributed by atoms with van der Waals surface area (Å²) in [6.07, 6.45) is 3.70. The third-order valence-corrected chi connectivity index (χ3v) is 3.45. The summed E-state index contributed by atoms with van der Waals surface area (Å²) >= 11 is 0. The van der Waals surface area contributed by atoms with Crippen molar-refractivity contribution in [1.82, 2.24) is 4.90 Å². The molecule has 0 fully saturated rings. The summed E-state index contributed by atoms with van der Waals surface area (Å²) in [5.41, 5.74) is 0.788. The fourth-order valence-electron chi connectivity index (χ4n) is 2.30. The van der Waals surface area contributed by atoms with Crippen LogP contribution in [0.15, 0.2) is 30.3 Å². The van der Waals surface area contributed by atoms with E-state index >= 15 is 0 Å². The van der Waals surface area contributed by atoms with Crippen molar-refractivity contribution in [2.45, 2.75) is 38.6 Å². The molecule has 1 unspecified atom stereocenters. The molecule has 3 nitrogen and oxygen atoms in total. The molecule has 1 rings (SSSR count). The maximum Gasteiger partial charge on any atom is 0.179 e. The molecule has 0 saturated heterocycles. The summed E-state index contributed by atoms with van der Waals surface area (Å²) < 4.78 is 0. The predicted octanol–water partition coefficient (Wildman–Crippen LogP) is 2.74. The van der Waals surface area contributed by atoms with Crippen LogP contribution in [0.2, 0.25) is 0 Å². The molecule has 0 heterocycles. The first-order chi connectivity index (χ1) is 9.20. The summed E-state index contributed by atoms with van der Waals surface area (Å²) in [5.74, 6) is 0.202. The van der Waals surface area contributed by atoms with E-state index in [-0.39, 0.29) is 18.4 Å². The van der Waals surface area contributed by atoms with Crippen molar-refractivity contribution in [3.63, 3.8) is 0 Å². The molecule has 19 heavy (non-hydrogen) atoms. The van der Waals surface area contributed by atoms with Crippen LogP contribution >= 0.6 is 0 Å². The Balaban J connectivity index is 2.54. The van der Waals surface area contributed by atoms with Gasteiger partial charge in [-0.15, -0.1) is 0 Å². The van der Waals surface area contributed by atoms with Gasteiger partial charge in [-0.1, -0.05) is 37.3 Å². The third-order valence-electron chi connectivity index (χ3n) is 3.45. The van der Waals surface area contributed by atoms with Crippen LogP contribution in [0.3, 0.4) is 0 Å². The molecule has 0 spiro atoms. The number of carbonyl (C=O) groups excluding carboxylic acids is 1. The molecule has 1 aromatic rings. The highest BCUT2D eigenvalue weighted by Crippen LogP contribution is 2.12. The first-order valence-corrected chi connectivity index (χ1v) is 7.11. The van der Waals surface area contributed by atoms with Crippen molar-refractivity contribution in [1.29, 1.82) is 0 Å². The molecule has 1 atom stereocenters. The number of nitrogens with zero attached hydrogens (tertiary/aromatic N) is 1. The quantitative estimate of drug-likeness (QED) is 0.550. The molecular weight excluding hydrogens is 238 g/mol. The number of Topliss-reactive ketones (excluding diaryl/α,β-unsaturated/α-hetero) is 1. The fourth-order valence-corrected chi connectivity index (χ4v) is 2.30. The van der Waals surface area contributed by atoms with Gasteiger partial charge in [-0.3, -0.25) is 9.69 Å². The van der Waals surface area contributed by atoms with Crippen LogP contribution in [-0.2, 0) is 0 Å². The maximum atomic E-state index is 12.4. The van der Waals surface area contributed by atoms with Crippen LogP contribution in [0.5, 0.6) is 0 Å². The van der Waals surface area contributed by atoms with Crippen LogP contribution in [0.4, 0.5) is 0 Å².